The number of aliphatic carboxylic acids is 1. The second-order valence-electron chi connectivity index (χ2n) is 5.70. The smallest absolute Gasteiger partial charge is 0.316 e. The molecule has 104 valence electrons. The van der Waals surface area contributed by atoms with Gasteiger partial charge >= 0.3 is 5.97 Å². The van der Waals surface area contributed by atoms with Gasteiger partial charge in [0.25, 0.3) is 0 Å². The third kappa shape index (κ3) is 2.26. The first kappa shape index (κ1) is 14.0. The van der Waals surface area contributed by atoms with E-state index in [0.29, 0.717) is 5.92 Å². The summed E-state index contributed by atoms with van der Waals surface area (Å²) in [5.74, 6) is -0.481. The highest BCUT2D eigenvalue weighted by Gasteiger charge is 2.52. The summed E-state index contributed by atoms with van der Waals surface area (Å²) in [6.45, 7) is 6.57. The second-order valence-corrected chi connectivity index (χ2v) is 5.70. The number of rotatable bonds is 4. The fraction of sp³-hybridized carbons (Fsp3) is 0.533. The molecule has 1 heterocycles. The fourth-order valence-corrected chi connectivity index (χ4v) is 2.41. The first-order chi connectivity index (χ1) is 8.88. The minimum Gasteiger partial charge on any atom is -0.481 e. The van der Waals surface area contributed by atoms with Crippen LogP contribution in [-0.4, -0.2) is 24.3 Å². The minimum absolute atomic E-state index is 0.189. The lowest BCUT2D eigenvalue weighted by Gasteiger charge is -2.42. The highest BCUT2D eigenvalue weighted by Crippen LogP contribution is 2.40. The van der Waals surface area contributed by atoms with Crippen LogP contribution in [0.5, 0.6) is 0 Å². The molecule has 0 aliphatic carbocycles. The van der Waals surface area contributed by atoms with Crippen LogP contribution in [0.4, 0.5) is 0 Å². The normalized spacial score (nSPS) is 19.0. The number of carboxylic acids is 1. The number of carbonyl (C=O) groups is 1. The van der Waals surface area contributed by atoms with Gasteiger partial charge in [-0.2, -0.15) is 0 Å². The molecule has 0 amide bonds. The maximum atomic E-state index is 11.5. The number of benzene rings is 1. The molecule has 0 aromatic heterocycles. The highest BCUT2D eigenvalue weighted by molar-refractivity contribution is 5.77. The van der Waals surface area contributed by atoms with E-state index in [1.807, 2.05) is 19.1 Å². The second kappa shape index (κ2) is 4.94. The summed E-state index contributed by atoms with van der Waals surface area (Å²) in [6.07, 6.45) is 0. The van der Waals surface area contributed by atoms with Gasteiger partial charge in [-0.25, -0.2) is 0 Å². The van der Waals surface area contributed by atoms with Crippen LogP contribution in [0.2, 0.25) is 0 Å². The van der Waals surface area contributed by atoms with Gasteiger partial charge in [0, 0.05) is 0 Å². The molecule has 1 saturated heterocycles. The van der Waals surface area contributed by atoms with E-state index in [-0.39, 0.29) is 13.2 Å². The van der Waals surface area contributed by atoms with Crippen LogP contribution < -0.4 is 5.73 Å². The first-order valence-corrected chi connectivity index (χ1v) is 6.55. The summed E-state index contributed by atoms with van der Waals surface area (Å²) in [4.78, 5) is 11.5. The van der Waals surface area contributed by atoms with Crippen LogP contribution in [0.25, 0.3) is 0 Å². The SMILES string of the molecule is Cc1ccc(C(C)C)cc1C(N)C1(C(=O)O)COC1. The van der Waals surface area contributed by atoms with Crippen molar-refractivity contribution < 1.29 is 14.6 Å². The Kier molecular flexibility index (Phi) is 3.65. The van der Waals surface area contributed by atoms with E-state index in [9.17, 15) is 9.90 Å². The number of hydrogen-bond donors (Lipinski definition) is 2. The molecule has 0 spiro atoms. The van der Waals surface area contributed by atoms with Crippen LogP contribution in [0.3, 0.4) is 0 Å². The third-order valence-corrected chi connectivity index (χ3v) is 4.05. The molecular formula is C15H21NO3. The van der Waals surface area contributed by atoms with Crippen LogP contribution >= 0.6 is 0 Å². The lowest BCUT2D eigenvalue weighted by atomic mass is 9.74. The maximum Gasteiger partial charge on any atom is 0.316 e. The molecule has 1 aromatic carbocycles. The number of ether oxygens (including phenoxy) is 1. The van der Waals surface area contributed by atoms with Gasteiger partial charge in [0.05, 0.1) is 19.3 Å². The molecule has 1 unspecified atom stereocenters. The van der Waals surface area contributed by atoms with E-state index in [1.165, 1.54) is 5.56 Å². The van der Waals surface area contributed by atoms with Crippen LogP contribution in [0.15, 0.2) is 18.2 Å². The zero-order chi connectivity index (χ0) is 14.2. The topological polar surface area (TPSA) is 72.6 Å². The van der Waals surface area contributed by atoms with Gasteiger partial charge < -0.3 is 15.6 Å². The summed E-state index contributed by atoms with van der Waals surface area (Å²) in [6, 6.07) is 5.59. The van der Waals surface area contributed by atoms with E-state index in [4.69, 9.17) is 10.5 Å². The van der Waals surface area contributed by atoms with Gasteiger partial charge in [0.1, 0.15) is 5.41 Å². The molecular weight excluding hydrogens is 242 g/mol. The van der Waals surface area contributed by atoms with Crippen molar-refractivity contribution in [3.63, 3.8) is 0 Å². The molecule has 4 nitrogen and oxygen atoms in total. The number of aryl methyl sites for hydroxylation is 1. The first-order valence-electron chi connectivity index (χ1n) is 6.55. The summed E-state index contributed by atoms with van der Waals surface area (Å²) >= 11 is 0. The number of nitrogens with two attached hydrogens (primary N) is 1. The Bertz CT molecular complexity index is 492. The van der Waals surface area contributed by atoms with E-state index >= 15 is 0 Å². The zero-order valence-corrected chi connectivity index (χ0v) is 11.6. The van der Waals surface area contributed by atoms with Crippen molar-refractivity contribution in [3.05, 3.63) is 34.9 Å². The van der Waals surface area contributed by atoms with Crippen molar-refractivity contribution in [3.8, 4) is 0 Å². The van der Waals surface area contributed by atoms with Gasteiger partial charge in [0.15, 0.2) is 0 Å². The predicted octanol–water partition coefficient (Wildman–Crippen LogP) is 2.22. The average molecular weight is 263 g/mol. The van der Waals surface area contributed by atoms with Crippen molar-refractivity contribution in [2.75, 3.05) is 13.2 Å². The van der Waals surface area contributed by atoms with Crippen LogP contribution in [-0.2, 0) is 9.53 Å². The molecule has 1 aliphatic rings. The zero-order valence-electron chi connectivity index (χ0n) is 11.6. The van der Waals surface area contributed by atoms with Crippen LogP contribution in [0.1, 0.15) is 42.5 Å². The van der Waals surface area contributed by atoms with Crippen molar-refractivity contribution in [1.29, 1.82) is 0 Å². The predicted molar refractivity (Wildman–Crippen MR) is 73.1 cm³/mol. The molecule has 1 atom stereocenters. The van der Waals surface area contributed by atoms with Crippen LogP contribution in [0, 0.1) is 12.3 Å². The largest absolute Gasteiger partial charge is 0.481 e. The molecule has 0 bridgehead atoms. The third-order valence-electron chi connectivity index (χ3n) is 4.05. The van der Waals surface area contributed by atoms with Gasteiger partial charge in [-0.05, 0) is 29.5 Å². The van der Waals surface area contributed by atoms with Crippen molar-refractivity contribution >= 4 is 5.97 Å². The Hall–Kier alpha value is -1.39. The number of carboxylic acid groups (broad SMARTS) is 1. The Morgan fingerprint density at radius 3 is 2.47 bits per heavy atom. The molecule has 1 fully saturated rings. The standard InChI is InChI=1S/C15H21NO3/c1-9(2)11-5-4-10(3)12(6-11)13(16)15(14(17)18)7-19-8-15/h4-6,9,13H,7-8,16H2,1-3H3,(H,17,18). The van der Waals surface area contributed by atoms with E-state index in [2.05, 4.69) is 19.9 Å². The molecule has 2 rings (SSSR count). The van der Waals surface area contributed by atoms with Gasteiger partial charge in [0.2, 0.25) is 0 Å². The molecule has 1 aromatic rings. The Balaban J connectivity index is 2.40. The van der Waals surface area contributed by atoms with Crippen molar-refractivity contribution in [2.24, 2.45) is 11.1 Å². The van der Waals surface area contributed by atoms with Crippen molar-refractivity contribution in [1.82, 2.24) is 0 Å². The van der Waals surface area contributed by atoms with E-state index in [1.54, 1.807) is 0 Å². The Morgan fingerprint density at radius 1 is 1.42 bits per heavy atom. The monoisotopic (exact) mass is 263 g/mol. The Morgan fingerprint density at radius 2 is 2.05 bits per heavy atom. The molecule has 4 heteroatoms. The quantitative estimate of drug-likeness (QED) is 0.873. The molecule has 0 saturated carbocycles. The molecule has 0 radical (unpaired) electrons. The average Bonchev–Trinajstić information content (AvgIpc) is 2.26. The fourth-order valence-electron chi connectivity index (χ4n) is 2.41. The number of hydrogen-bond acceptors (Lipinski definition) is 3. The van der Waals surface area contributed by atoms with Gasteiger partial charge in [-0.3, -0.25) is 4.79 Å². The molecule has 19 heavy (non-hydrogen) atoms. The van der Waals surface area contributed by atoms with E-state index in [0.717, 1.165) is 11.1 Å². The lowest BCUT2D eigenvalue weighted by Crippen LogP contribution is -2.55. The minimum atomic E-state index is -0.972. The highest BCUT2D eigenvalue weighted by atomic mass is 16.5. The summed E-state index contributed by atoms with van der Waals surface area (Å²) < 4.78 is 5.10. The Labute approximate surface area is 113 Å². The van der Waals surface area contributed by atoms with E-state index < -0.39 is 17.4 Å². The molecule has 1 aliphatic heterocycles. The van der Waals surface area contributed by atoms with Gasteiger partial charge in [-0.1, -0.05) is 32.0 Å². The van der Waals surface area contributed by atoms with Crippen molar-refractivity contribution in [2.45, 2.75) is 32.7 Å². The molecule has 3 N–H and O–H groups in total. The lowest BCUT2D eigenvalue weighted by molar-refractivity contribution is -0.184. The summed E-state index contributed by atoms with van der Waals surface area (Å²) in [5, 5.41) is 9.42. The summed E-state index contributed by atoms with van der Waals surface area (Å²) in [5.41, 5.74) is 8.40. The maximum absolute atomic E-state index is 11.5. The summed E-state index contributed by atoms with van der Waals surface area (Å²) in [7, 11) is 0. The van der Waals surface area contributed by atoms with Gasteiger partial charge in [-0.15, -0.1) is 0 Å².